The van der Waals surface area contributed by atoms with E-state index in [2.05, 4.69) is 26.0 Å². The fourth-order valence-electron chi connectivity index (χ4n) is 4.38. The van der Waals surface area contributed by atoms with Crippen LogP contribution in [0.4, 0.5) is 17.3 Å². The van der Waals surface area contributed by atoms with Crippen molar-refractivity contribution in [3.05, 3.63) is 46.5 Å². The summed E-state index contributed by atoms with van der Waals surface area (Å²) in [6.07, 6.45) is 7.17. The third kappa shape index (κ3) is 5.30. The van der Waals surface area contributed by atoms with E-state index >= 15 is 0 Å². The van der Waals surface area contributed by atoms with Crippen molar-refractivity contribution in [1.29, 1.82) is 0 Å². The Kier molecular flexibility index (Phi) is 7.67. The Labute approximate surface area is 203 Å². The summed E-state index contributed by atoms with van der Waals surface area (Å²) in [5.74, 6) is 0.622. The Morgan fingerprint density at radius 1 is 1.31 bits per heavy atom. The van der Waals surface area contributed by atoms with Gasteiger partial charge in [0.2, 0.25) is 0 Å². The Morgan fingerprint density at radius 3 is 2.77 bits per heavy atom. The second-order valence-corrected chi connectivity index (χ2v) is 8.99. The number of hydrogen-bond acceptors (Lipinski definition) is 8. The van der Waals surface area contributed by atoms with Gasteiger partial charge in [0.25, 0.3) is 11.5 Å². The molecule has 0 aliphatic heterocycles. The number of fused-ring (bicyclic) bond motifs is 1. The molecular weight excluding hydrogens is 450 g/mol. The van der Waals surface area contributed by atoms with Gasteiger partial charge in [-0.3, -0.25) is 9.59 Å². The summed E-state index contributed by atoms with van der Waals surface area (Å²) in [5.41, 5.74) is 0.936. The molecule has 1 amide bonds. The number of nitrogens with zero attached hydrogens (tertiary/aromatic N) is 4. The molecule has 0 aromatic carbocycles. The number of aliphatic hydroxyl groups is 1. The monoisotopic (exact) mass is 483 g/mol. The summed E-state index contributed by atoms with van der Waals surface area (Å²) in [5, 5.41) is 22.5. The third-order valence-corrected chi connectivity index (χ3v) is 6.50. The van der Waals surface area contributed by atoms with Crippen LogP contribution in [0.15, 0.2) is 35.4 Å². The molecule has 1 saturated carbocycles. The average Bonchev–Trinajstić information content (AvgIpc) is 3.32. The minimum atomic E-state index is -0.333. The lowest BCUT2D eigenvalue weighted by Crippen LogP contribution is -2.30. The topological polar surface area (TPSA) is 135 Å². The third-order valence-electron chi connectivity index (χ3n) is 6.50. The quantitative estimate of drug-likeness (QED) is 0.364. The molecule has 188 valence electrons. The molecule has 1 atom stereocenters. The van der Waals surface area contributed by atoms with Gasteiger partial charge in [-0.25, -0.2) is 4.98 Å². The Morgan fingerprint density at radius 2 is 2.09 bits per heavy atom. The van der Waals surface area contributed by atoms with Crippen LogP contribution in [0.1, 0.15) is 49.0 Å². The zero-order chi connectivity index (χ0) is 24.9. The van der Waals surface area contributed by atoms with E-state index in [1.54, 1.807) is 30.9 Å². The first-order valence-electron chi connectivity index (χ1n) is 11.9. The normalized spacial score (nSPS) is 18.9. The predicted molar refractivity (Wildman–Crippen MR) is 133 cm³/mol. The number of pyridine rings is 1. The van der Waals surface area contributed by atoms with Crippen LogP contribution in [0, 0.1) is 5.92 Å². The molecule has 1 aliphatic rings. The molecule has 0 unspecified atom stereocenters. The summed E-state index contributed by atoms with van der Waals surface area (Å²) in [6.45, 7) is 2.15. The van der Waals surface area contributed by atoms with Gasteiger partial charge < -0.3 is 30.4 Å². The summed E-state index contributed by atoms with van der Waals surface area (Å²) in [4.78, 5) is 30.6. The van der Waals surface area contributed by atoms with Gasteiger partial charge >= 0.3 is 0 Å². The molecule has 0 radical (unpaired) electrons. The van der Waals surface area contributed by atoms with Gasteiger partial charge in [-0.05, 0) is 43.7 Å². The molecule has 0 bridgehead atoms. The number of methoxy groups -OCH3 is 1. The first-order valence-corrected chi connectivity index (χ1v) is 11.9. The summed E-state index contributed by atoms with van der Waals surface area (Å²) < 4.78 is 8.78. The van der Waals surface area contributed by atoms with Gasteiger partial charge in [0, 0.05) is 45.6 Å². The van der Waals surface area contributed by atoms with Crippen molar-refractivity contribution in [2.24, 2.45) is 5.92 Å². The van der Waals surface area contributed by atoms with Crippen molar-refractivity contribution >= 4 is 28.9 Å². The first-order chi connectivity index (χ1) is 16.9. The van der Waals surface area contributed by atoms with Crippen LogP contribution in [0.2, 0.25) is 0 Å². The Hall–Kier alpha value is -3.44. The minimum Gasteiger partial charge on any atom is -0.396 e. The number of nitrogens with one attached hydrogen (secondary N) is 3. The van der Waals surface area contributed by atoms with Gasteiger partial charge in [-0.1, -0.05) is 6.92 Å². The lowest BCUT2D eigenvalue weighted by Gasteiger charge is -2.29. The number of amides is 1. The number of aromatic nitrogens is 4. The van der Waals surface area contributed by atoms with Crippen molar-refractivity contribution < 1.29 is 14.6 Å². The maximum absolute atomic E-state index is 13.3. The highest BCUT2D eigenvalue weighted by atomic mass is 16.5. The lowest BCUT2D eigenvalue weighted by atomic mass is 9.92. The molecule has 1 fully saturated rings. The van der Waals surface area contributed by atoms with Crippen molar-refractivity contribution in [1.82, 2.24) is 24.5 Å². The van der Waals surface area contributed by atoms with E-state index in [-0.39, 0.29) is 36.1 Å². The van der Waals surface area contributed by atoms with Crippen molar-refractivity contribution in [2.45, 2.75) is 44.8 Å². The van der Waals surface area contributed by atoms with Gasteiger partial charge in [0.15, 0.2) is 5.65 Å². The average molecular weight is 484 g/mol. The van der Waals surface area contributed by atoms with E-state index in [0.717, 1.165) is 25.7 Å². The largest absolute Gasteiger partial charge is 0.396 e. The Balaban J connectivity index is 1.61. The molecule has 3 aromatic rings. The number of anilines is 3. The fraction of sp³-hybridized carbons (Fsp3) is 0.500. The Bertz CT molecular complexity index is 1230. The van der Waals surface area contributed by atoms with Gasteiger partial charge in [0.1, 0.15) is 22.9 Å². The molecular formula is C24H33N7O4. The van der Waals surface area contributed by atoms with Crippen LogP contribution >= 0.6 is 0 Å². The van der Waals surface area contributed by atoms with Crippen LogP contribution in [0.5, 0.6) is 0 Å². The first kappa shape index (κ1) is 24.7. The summed E-state index contributed by atoms with van der Waals surface area (Å²) in [7, 11) is 3.48. The maximum atomic E-state index is 13.3. The van der Waals surface area contributed by atoms with Gasteiger partial charge in [-0.2, -0.15) is 9.61 Å². The molecule has 3 aromatic heterocycles. The number of aliphatic hydroxyl groups excluding tert-OH is 1. The van der Waals surface area contributed by atoms with E-state index in [4.69, 9.17) is 4.74 Å². The van der Waals surface area contributed by atoms with E-state index in [0.29, 0.717) is 35.1 Å². The summed E-state index contributed by atoms with van der Waals surface area (Å²) >= 11 is 0. The van der Waals surface area contributed by atoms with Crippen LogP contribution in [-0.4, -0.2) is 63.6 Å². The lowest BCUT2D eigenvalue weighted by molar-refractivity contribution is 0.0580. The van der Waals surface area contributed by atoms with Gasteiger partial charge in [0.05, 0.1) is 12.3 Å². The number of hydrogen-bond donors (Lipinski definition) is 4. The van der Waals surface area contributed by atoms with Crippen LogP contribution in [0.25, 0.3) is 5.65 Å². The zero-order valence-corrected chi connectivity index (χ0v) is 20.3. The highest BCUT2D eigenvalue weighted by molar-refractivity contribution is 6.00. The summed E-state index contributed by atoms with van der Waals surface area (Å²) in [6, 6.07) is 5.44. The number of rotatable bonds is 9. The number of ether oxygens (including phenoxy) is 1. The molecule has 4 N–H and O–H groups in total. The predicted octanol–water partition coefficient (Wildman–Crippen LogP) is 2.16. The van der Waals surface area contributed by atoms with Crippen LogP contribution in [0.3, 0.4) is 0 Å². The van der Waals surface area contributed by atoms with E-state index in [9.17, 15) is 14.7 Å². The van der Waals surface area contributed by atoms with Crippen molar-refractivity contribution in [2.75, 3.05) is 37.9 Å². The standard InChI is InChI=1S/C24H33N7O4/c1-15(14-32)12-26-23(33)18-13-27-31-21(25-2)11-20(29-22(18)31)28-19-5-4-10-30(24(19)34)16-6-8-17(35-3)9-7-16/h4-5,10-11,13,15-17,25,32H,6-9,12,14H2,1-3H3,(H,26,33)(H,28,29)/t15-,16-,17-/m1/s1. The number of carbonyl (C=O) groups excluding carboxylic acids is 1. The second kappa shape index (κ2) is 10.9. The maximum Gasteiger partial charge on any atom is 0.274 e. The van der Waals surface area contributed by atoms with Gasteiger partial charge in [-0.15, -0.1) is 0 Å². The van der Waals surface area contributed by atoms with E-state index < -0.39 is 0 Å². The molecule has 3 heterocycles. The molecule has 11 nitrogen and oxygen atoms in total. The molecule has 0 spiro atoms. The van der Waals surface area contributed by atoms with Crippen LogP contribution in [-0.2, 0) is 4.74 Å². The molecule has 0 saturated heterocycles. The highest BCUT2D eigenvalue weighted by Gasteiger charge is 2.23. The highest BCUT2D eigenvalue weighted by Crippen LogP contribution is 2.29. The minimum absolute atomic E-state index is 0.0202. The molecule has 1 aliphatic carbocycles. The zero-order valence-electron chi connectivity index (χ0n) is 20.3. The SMILES string of the molecule is CNc1cc(Nc2cccn([C@H]3CC[C@H](OC)CC3)c2=O)nc2c(C(=O)NC[C@@H](C)CO)cnn12. The number of carbonyl (C=O) groups is 1. The second-order valence-electron chi connectivity index (χ2n) is 8.99. The molecule has 11 heteroatoms. The smallest absolute Gasteiger partial charge is 0.274 e. The van der Waals surface area contributed by atoms with Crippen molar-refractivity contribution in [3.8, 4) is 0 Å². The van der Waals surface area contributed by atoms with Crippen molar-refractivity contribution in [3.63, 3.8) is 0 Å². The molecule has 4 rings (SSSR count). The fourth-order valence-corrected chi connectivity index (χ4v) is 4.38. The molecule has 35 heavy (non-hydrogen) atoms. The van der Waals surface area contributed by atoms with Crippen LogP contribution < -0.4 is 21.5 Å². The van der Waals surface area contributed by atoms with E-state index in [1.807, 2.05) is 19.2 Å². The van der Waals surface area contributed by atoms with E-state index in [1.165, 1.54) is 10.7 Å².